The highest BCUT2D eigenvalue weighted by Gasteiger charge is 2.23. The normalized spacial score (nSPS) is 12.9. The summed E-state index contributed by atoms with van der Waals surface area (Å²) in [6, 6.07) is 7.51. The smallest absolute Gasteiger partial charge is 0.414 e. The number of benzene rings is 1. The molecule has 4 N–H and O–H groups in total. The zero-order chi connectivity index (χ0) is 27.7. The number of fused-ring (bicyclic) bond motifs is 1. The lowest BCUT2D eigenvalue weighted by Gasteiger charge is -2.33. The number of methoxy groups -OCH3 is 2. The monoisotopic (exact) mass is 543 g/mol. The topological polar surface area (TPSA) is 187 Å². The number of piperidine rings is 1. The lowest BCUT2D eigenvalue weighted by atomic mass is 9.93. The maximum Gasteiger partial charge on any atom is 0.414 e. The molecule has 0 unspecified atom stereocenters. The van der Waals surface area contributed by atoms with Crippen molar-refractivity contribution in [2.24, 2.45) is 5.92 Å². The minimum atomic E-state index is -1.82. The van der Waals surface area contributed by atoms with Crippen molar-refractivity contribution in [1.82, 2.24) is 20.1 Å². The third kappa shape index (κ3) is 7.98. The van der Waals surface area contributed by atoms with Gasteiger partial charge >= 0.3 is 11.9 Å². The molecule has 0 bridgehead atoms. The second kappa shape index (κ2) is 14.4. The molecule has 210 valence electrons. The molecule has 39 heavy (non-hydrogen) atoms. The molecule has 0 spiro atoms. The van der Waals surface area contributed by atoms with Gasteiger partial charge in [0.05, 0.1) is 26.0 Å². The summed E-state index contributed by atoms with van der Waals surface area (Å²) < 4.78 is 10.9. The zero-order valence-electron chi connectivity index (χ0n) is 22.0. The highest BCUT2D eigenvalue weighted by Crippen LogP contribution is 2.36. The number of hydrogen-bond donors (Lipinski definition) is 2. The van der Waals surface area contributed by atoms with Gasteiger partial charge in [0.25, 0.3) is 5.91 Å². The Balaban J connectivity index is 0.000000687. The van der Waals surface area contributed by atoms with E-state index in [2.05, 4.69) is 20.1 Å². The molecular weight excluding hydrogens is 510 g/mol. The van der Waals surface area contributed by atoms with Crippen LogP contribution < -0.4 is 14.4 Å². The van der Waals surface area contributed by atoms with Gasteiger partial charge in [0.15, 0.2) is 17.3 Å². The Kier molecular flexibility index (Phi) is 11.4. The van der Waals surface area contributed by atoms with Crippen LogP contribution in [0.2, 0.25) is 0 Å². The predicted molar refractivity (Wildman–Crippen MR) is 142 cm³/mol. The summed E-state index contributed by atoms with van der Waals surface area (Å²) in [6.45, 7) is 2.56. The third-order valence-corrected chi connectivity index (χ3v) is 6.37. The number of ether oxygens (including phenoxy) is 2. The molecule has 1 saturated heterocycles. The van der Waals surface area contributed by atoms with Crippen molar-refractivity contribution in [1.29, 1.82) is 0 Å². The van der Waals surface area contributed by atoms with E-state index in [1.54, 1.807) is 49.8 Å². The number of anilines is 1. The fourth-order valence-corrected chi connectivity index (χ4v) is 4.25. The summed E-state index contributed by atoms with van der Waals surface area (Å²) in [6.07, 6.45) is 8.15. The summed E-state index contributed by atoms with van der Waals surface area (Å²) in [5.41, 5.74) is 0.631. The average molecular weight is 544 g/mol. The van der Waals surface area contributed by atoms with Crippen LogP contribution in [0.25, 0.3) is 10.8 Å². The molecule has 1 aliphatic heterocycles. The molecular formula is C26H33N5O8. The quantitative estimate of drug-likeness (QED) is 0.413. The van der Waals surface area contributed by atoms with Gasteiger partial charge in [-0.15, -0.1) is 5.10 Å². The molecule has 1 aliphatic rings. The Morgan fingerprint density at radius 2 is 1.69 bits per heavy atom. The van der Waals surface area contributed by atoms with Gasteiger partial charge in [0.1, 0.15) is 0 Å². The minimum Gasteiger partial charge on any atom is -0.493 e. The van der Waals surface area contributed by atoms with Gasteiger partial charge in [-0.25, -0.2) is 9.59 Å². The molecule has 1 amide bonds. The van der Waals surface area contributed by atoms with Gasteiger partial charge in [-0.05, 0) is 49.4 Å². The van der Waals surface area contributed by atoms with Crippen molar-refractivity contribution in [3.05, 3.63) is 48.4 Å². The SMILES string of the molecule is COc1cc2cnnc(N3CCC(CCN(C)C(=O)c4cccnc4)CC3)c2cc1OC.O.O=C(O)C(=O)O. The highest BCUT2D eigenvalue weighted by molar-refractivity contribution is 6.27. The first-order chi connectivity index (χ1) is 18.2. The van der Waals surface area contributed by atoms with Gasteiger partial charge in [-0.1, -0.05) is 0 Å². The highest BCUT2D eigenvalue weighted by atomic mass is 16.5. The Bertz CT molecular complexity index is 1250. The van der Waals surface area contributed by atoms with E-state index in [1.807, 2.05) is 19.2 Å². The maximum absolute atomic E-state index is 12.5. The molecule has 13 heteroatoms. The zero-order valence-corrected chi connectivity index (χ0v) is 22.0. The van der Waals surface area contributed by atoms with E-state index in [0.717, 1.165) is 55.5 Å². The van der Waals surface area contributed by atoms with Gasteiger partial charge in [-0.3, -0.25) is 9.78 Å². The minimum absolute atomic E-state index is 0. The summed E-state index contributed by atoms with van der Waals surface area (Å²) in [7, 11) is 5.13. The molecule has 0 radical (unpaired) electrons. The number of carboxylic acids is 2. The van der Waals surface area contributed by atoms with E-state index < -0.39 is 11.9 Å². The lowest BCUT2D eigenvalue weighted by Crippen LogP contribution is -2.36. The first kappa shape index (κ1) is 30.7. The van der Waals surface area contributed by atoms with E-state index in [1.165, 1.54) is 0 Å². The second-order valence-electron chi connectivity index (χ2n) is 8.76. The number of amides is 1. The summed E-state index contributed by atoms with van der Waals surface area (Å²) in [5.74, 6) is -0.803. The summed E-state index contributed by atoms with van der Waals surface area (Å²) in [5, 5.41) is 25.4. The van der Waals surface area contributed by atoms with Crippen LogP contribution in [-0.2, 0) is 9.59 Å². The van der Waals surface area contributed by atoms with Crippen LogP contribution in [0, 0.1) is 5.92 Å². The summed E-state index contributed by atoms with van der Waals surface area (Å²) in [4.78, 5) is 38.8. The number of pyridine rings is 1. The van der Waals surface area contributed by atoms with E-state index in [4.69, 9.17) is 29.3 Å². The van der Waals surface area contributed by atoms with Crippen LogP contribution in [-0.4, -0.2) is 94.5 Å². The molecule has 4 rings (SSSR count). The number of nitrogens with zero attached hydrogens (tertiary/aromatic N) is 5. The predicted octanol–water partition coefficient (Wildman–Crippen LogP) is 1.75. The molecule has 0 saturated carbocycles. The van der Waals surface area contributed by atoms with Crippen LogP contribution in [0.3, 0.4) is 0 Å². The van der Waals surface area contributed by atoms with E-state index in [9.17, 15) is 4.79 Å². The summed E-state index contributed by atoms with van der Waals surface area (Å²) >= 11 is 0. The maximum atomic E-state index is 12.5. The molecule has 2 aromatic heterocycles. The van der Waals surface area contributed by atoms with Crippen molar-refractivity contribution < 1.29 is 39.5 Å². The van der Waals surface area contributed by atoms with Crippen LogP contribution in [0.1, 0.15) is 29.6 Å². The first-order valence-corrected chi connectivity index (χ1v) is 12.0. The van der Waals surface area contributed by atoms with Gasteiger partial charge < -0.3 is 35.0 Å². The standard InChI is InChI=1S/C24H29N5O3.C2H2O4.H2O/c1-28(24(30)18-5-4-9-25-15-18)10-6-17-7-11-29(12-8-17)23-20-14-22(32-3)21(31-2)13-19(20)16-26-27-23;3-1(4)2(5)6;/h4-5,9,13-17H,6-8,10-12H2,1-3H3;(H,3,4)(H,5,6);1H2. The fraction of sp³-hybridized carbons (Fsp3) is 0.385. The molecule has 3 heterocycles. The molecule has 13 nitrogen and oxygen atoms in total. The van der Waals surface area contributed by atoms with E-state index in [-0.39, 0.29) is 11.4 Å². The van der Waals surface area contributed by atoms with E-state index >= 15 is 0 Å². The Morgan fingerprint density at radius 3 is 2.26 bits per heavy atom. The fourth-order valence-electron chi connectivity index (χ4n) is 4.25. The Morgan fingerprint density at radius 1 is 1.05 bits per heavy atom. The van der Waals surface area contributed by atoms with Crippen LogP contribution in [0.15, 0.2) is 42.9 Å². The van der Waals surface area contributed by atoms with Gasteiger partial charge in [-0.2, -0.15) is 5.10 Å². The molecule has 1 aromatic carbocycles. The number of carbonyl (C=O) groups excluding carboxylic acids is 1. The van der Waals surface area contributed by atoms with Crippen molar-refractivity contribution in [3.63, 3.8) is 0 Å². The third-order valence-electron chi connectivity index (χ3n) is 6.37. The number of hydrogen-bond acceptors (Lipinski definition) is 9. The average Bonchev–Trinajstić information content (AvgIpc) is 2.95. The largest absolute Gasteiger partial charge is 0.493 e. The molecule has 3 aromatic rings. The lowest BCUT2D eigenvalue weighted by molar-refractivity contribution is -0.159. The van der Waals surface area contributed by atoms with Crippen LogP contribution >= 0.6 is 0 Å². The van der Waals surface area contributed by atoms with E-state index in [0.29, 0.717) is 23.0 Å². The molecule has 0 atom stereocenters. The first-order valence-electron chi connectivity index (χ1n) is 12.0. The van der Waals surface area contributed by atoms with Crippen molar-refractivity contribution in [2.75, 3.05) is 45.8 Å². The second-order valence-corrected chi connectivity index (χ2v) is 8.76. The van der Waals surface area contributed by atoms with Gasteiger partial charge in [0.2, 0.25) is 0 Å². The molecule has 0 aliphatic carbocycles. The van der Waals surface area contributed by atoms with Crippen molar-refractivity contribution in [2.45, 2.75) is 19.3 Å². The van der Waals surface area contributed by atoms with Crippen LogP contribution in [0.5, 0.6) is 11.5 Å². The Hall–Kier alpha value is -4.52. The number of carbonyl (C=O) groups is 3. The number of rotatable bonds is 7. The Labute approximate surface area is 225 Å². The van der Waals surface area contributed by atoms with Crippen LogP contribution in [0.4, 0.5) is 5.82 Å². The number of aromatic nitrogens is 3. The number of carboxylic acid groups (broad SMARTS) is 2. The number of aliphatic carboxylic acids is 2. The molecule has 1 fully saturated rings. The van der Waals surface area contributed by atoms with Crippen molar-refractivity contribution in [3.8, 4) is 11.5 Å². The van der Waals surface area contributed by atoms with Gasteiger partial charge in [0, 0.05) is 49.8 Å². The van der Waals surface area contributed by atoms with Crippen molar-refractivity contribution >= 4 is 34.4 Å².